The van der Waals surface area contributed by atoms with Gasteiger partial charge in [-0.2, -0.15) is 0 Å². The normalized spacial score (nSPS) is 12.1. The van der Waals surface area contributed by atoms with Gasteiger partial charge in [0.05, 0.1) is 13.5 Å². The van der Waals surface area contributed by atoms with Crippen molar-refractivity contribution in [1.29, 1.82) is 0 Å². The zero-order valence-corrected chi connectivity index (χ0v) is 9.19. The van der Waals surface area contributed by atoms with E-state index in [1.807, 2.05) is 25.2 Å². The van der Waals surface area contributed by atoms with Gasteiger partial charge in [0.1, 0.15) is 0 Å². The maximum atomic E-state index is 11.1. The first kappa shape index (κ1) is 11.7. The standard InChI is InChI=1S/C12H17NO2/c1-13-11(9-12(14)15-2)8-10-6-4-3-5-7-10/h3-7,11,13H,8-9H2,1-2H3. The zero-order chi connectivity index (χ0) is 11.1. The van der Waals surface area contributed by atoms with Gasteiger partial charge in [-0.15, -0.1) is 0 Å². The highest BCUT2D eigenvalue weighted by molar-refractivity contribution is 5.69. The summed E-state index contributed by atoms with van der Waals surface area (Å²) in [6, 6.07) is 10.2. The van der Waals surface area contributed by atoms with Crippen molar-refractivity contribution in [2.75, 3.05) is 14.2 Å². The van der Waals surface area contributed by atoms with Gasteiger partial charge in [0, 0.05) is 6.04 Å². The molecular formula is C12H17NO2. The van der Waals surface area contributed by atoms with Crippen LogP contribution in [0.1, 0.15) is 12.0 Å². The Bertz CT molecular complexity index is 298. The second kappa shape index (κ2) is 6.19. The van der Waals surface area contributed by atoms with Gasteiger partial charge in [0.25, 0.3) is 0 Å². The van der Waals surface area contributed by atoms with Crippen LogP contribution in [0.25, 0.3) is 0 Å². The van der Waals surface area contributed by atoms with Crippen LogP contribution in [-0.4, -0.2) is 26.2 Å². The molecule has 0 aromatic heterocycles. The van der Waals surface area contributed by atoms with Crippen molar-refractivity contribution in [2.45, 2.75) is 18.9 Å². The zero-order valence-electron chi connectivity index (χ0n) is 9.19. The fourth-order valence-corrected chi connectivity index (χ4v) is 1.46. The van der Waals surface area contributed by atoms with Gasteiger partial charge in [-0.05, 0) is 19.0 Å². The Morgan fingerprint density at radius 1 is 1.40 bits per heavy atom. The lowest BCUT2D eigenvalue weighted by Crippen LogP contribution is -2.30. The molecule has 1 unspecified atom stereocenters. The van der Waals surface area contributed by atoms with E-state index < -0.39 is 0 Å². The molecular weight excluding hydrogens is 190 g/mol. The summed E-state index contributed by atoms with van der Waals surface area (Å²) < 4.78 is 4.64. The molecule has 0 heterocycles. The summed E-state index contributed by atoms with van der Waals surface area (Å²) in [6.45, 7) is 0. The van der Waals surface area contributed by atoms with E-state index in [-0.39, 0.29) is 12.0 Å². The average Bonchev–Trinajstić information content (AvgIpc) is 2.29. The molecule has 0 saturated heterocycles. The number of ether oxygens (including phenoxy) is 1. The number of benzene rings is 1. The van der Waals surface area contributed by atoms with E-state index in [0.29, 0.717) is 6.42 Å². The molecule has 15 heavy (non-hydrogen) atoms. The molecule has 0 spiro atoms. The quantitative estimate of drug-likeness (QED) is 0.741. The van der Waals surface area contributed by atoms with Gasteiger partial charge in [0.2, 0.25) is 0 Å². The Kier molecular flexibility index (Phi) is 4.84. The Morgan fingerprint density at radius 3 is 2.60 bits per heavy atom. The van der Waals surface area contributed by atoms with Crippen molar-refractivity contribution < 1.29 is 9.53 Å². The minimum Gasteiger partial charge on any atom is -0.469 e. The van der Waals surface area contributed by atoms with Crippen LogP contribution in [0.2, 0.25) is 0 Å². The molecule has 0 radical (unpaired) electrons. The van der Waals surface area contributed by atoms with Crippen LogP contribution in [0.4, 0.5) is 0 Å². The predicted molar refractivity (Wildman–Crippen MR) is 59.6 cm³/mol. The summed E-state index contributed by atoms with van der Waals surface area (Å²) in [6.07, 6.45) is 1.24. The van der Waals surface area contributed by atoms with Crippen molar-refractivity contribution in [3.05, 3.63) is 35.9 Å². The first-order valence-electron chi connectivity index (χ1n) is 5.04. The number of likely N-dealkylation sites (N-methyl/N-ethyl adjacent to an activating group) is 1. The summed E-state index contributed by atoms with van der Waals surface area (Å²) in [5.74, 6) is -0.176. The summed E-state index contributed by atoms with van der Waals surface area (Å²) in [7, 11) is 3.27. The topological polar surface area (TPSA) is 38.3 Å². The van der Waals surface area contributed by atoms with E-state index in [1.165, 1.54) is 12.7 Å². The van der Waals surface area contributed by atoms with Gasteiger partial charge >= 0.3 is 5.97 Å². The Labute approximate surface area is 90.4 Å². The van der Waals surface area contributed by atoms with Crippen molar-refractivity contribution >= 4 is 5.97 Å². The molecule has 1 rings (SSSR count). The third-order valence-corrected chi connectivity index (χ3v) is 2.37. The Hall–Kier alpha value is -1.35. The molecule has 0 aliphatic rings. The van der Waals surface area contributed by atoms with Crippen LogP contribution >= 0.6 is 0 Å². The lowest BCUT2D eigenvalue weighted by atomic mass is 10.0. The van der Waals surface area contributed by atoms with Crippen LogP contribution in [-0.2, 0) is 16.0 Å². The van der Waals surface area contributed by atoms with Crippen molar-refractivity contribution in [3.8, 4) is 0 Å². The maximum Gasteiger partial charge on any atom is 0.307 e. The molecule has 1 aromatic carbocycles. The van der Waals surface area contributed by atoms with Crippen LogP contribution in [0.5, 0.6) is 0 Å². The van der Waals surface area contributed by atoms with E-state index in [2.05, 4.69) is 22.2 Å². The Morgan fingerprint density at radius 2 is 2.07 bits per heavy atom. The first-order chi connectivity index (χ1) is 7.26. The lowest BCUT2D eigenvalue weighted by molar-refractivity contribution is -0.141. The monoisotopic (exact) mass is 207 g/mol. The summed E-state index contributed by atoms with van der Waals surface area (Å²) in [4.78, 5) is 11.1. The van der Waals surface area contributed by atoms with E-state index in [9.17, 15) is 4.79 Å². The highest BCUT2D eigenvalue weighted by atomic mass is 16.5. The fourth-order valence-electron chi connectivity index (χ4n) is 1.46. The number of nitrogens with one attached hydrogen (secondary N) is 1. The van der Waals surface area contributed by atoms with Crippen molar-refractivity contribution in [3.63, 3.8) is 0 Å². The van der Waals surface area contributed by atoms with E-state index >= 15 is 0 Å². The lowest BCUT2D eigenvalue weighted by Gasteiger charge is -2.14. The molecule has 1 N–H and O–H groups in total. The number of esters is 1. The Balaban J connectivity index is 2.50. The minimum absolute atomic E-state index is 0.139. The third-order valence-electron chi connectivity index (χ3n) is 2.37. The molecule has 0 amide bonds. The fraction of sp³-hybridized carbons (Fsp3) is 0.417. The maximum absolute atomic E-state index is 11.1. The minimum atomic E-state index is -0.176. The molecule has 0 fully saturated rings. The van der Waals surface area contributed by atoms with Crippen molar-refractivity contribution in [1.82, 2.24) is 5.32 Å². The number of carbonyl (C=O) groups is 1. The molecule has 0 saturated carbocycles. The number of hydrogen-bond acceptors (Lipinski definition) is 3. The summed E-state index contributed by atoms with van der Waals surface area (Å²) in [5, 5.41) is 3.11. The molecule has 3 heteroatoms. The molecule has 1 atom stereocenters. The number of methoxy groups -OCH3 is 1. The van der Waals surface area contributed by atoms with Gasteiger partial charge in [-0.25, -0.2) is 0 Å². The molecule has 1 aromatic rings. The smallest absolute Gasteiger partial charge is 0.307 e. The third kappa shape index (κ3) is 4.13. The summed E-state index contributed by atoms with van der Waals surface area (Å²) >= 11 is 0. The largest absolute Gasteiger partial charge is 0.469 e. The SMILES string of the molecule is CNC(CC(=O)OC)Cc1ccccc1. The number of rotatable bonds is 5. The average molecular weight is 207 g/mol. The van der Waals surface area contributed by atoms with E-state index in [0.717, 1.165) is 6.42 Å². The molecule has 82 valence electrons. The van der Waals surface area contributed by atoms with Gasteiger partial charge in [-0.3, -0.25) is 4.79 Å². The molecule has 3 nitrogen and oxygen atoms in total. The van der Waals surface area contributed by atoms with Gasteiger partial charge in [0.15, 0.2) is 0 Å². The second-order valence-corrected chi connectivity index (χ2v) is 3.46. The van der Waals surface area contributed by atoms with E-state index in [1.54, 1.807) is 0 Å². The second-order valence-electron chi connectivity index (χ2n) is 3.46. The van der Waals surface area contributed by atoms with Crippen LogP contribution in [0.15, 0.2) is 30.3 Å². The number of hydrogen-bond donors (Lipinski definition) is 1. The highest BCUT2D eigenvalue weighted by Crippen LogP contribution is 2.05. The van der Waals surface area contributed by atoms with Crippen molar-refractivity contribution in [2.24, 2.45) is 0 Å². The molecule has 0 bridgehead atoms. The predicted octanol–water partition coefficient (Wildman–Crippen LogP) is 1.38. The van der Waals surface area contributed by atoms with Crippen LogP contribution < -0.4 is 5.32 Å². The van der Waals surface area contributed by atoms with Crippen LogP contribution in [0.3, 0.4) is 0 Å². The molecule has 0 aliphatic heterocycles. The van der Waals surface area contributed by atoms with Gasteiger partial charge in [-0.1, -0.05) is 30.3 Å². The highest BCUT2D eigenvalue weighted by Gasteiger charge is 2.12. The number of carbonyl (C=O) groups excluding carboxylic acids is 1. The van der Waals surface area contributed by atoms with Crippen LogP contribution in [0, 0.1) is 0 Å². The first-order valence-corrected chi connectivity index (χ1v) is 5.04. The molecule has 0 aliphatic carbocycles. The van der Waals surface area contributed by atoms with Gasteiger partial charge < -0.3 is 10.1 Å². The summed E-state index contributed by atoms with van der Waals surface area (Å²) in [5.41, 5.74) is 1.22. The van der Waals surface area contributed by atoms with E-state index in [4.69, 9.17) is 0 Å².